The maximum atomic E-state index is 14.1. The van der Waals surface area contributed by atoms with E-state index in [1.54, 1.807) is 18.2 Å². The Morgan fingerprint density at radius 3 is 2.39 bits per heavy atom. The van der Waals surface area contributed by atoms with Crippen molar-refractivity contribution in [1.82, 2.24) is 4.90 Å². The topological polar surface area (TPSA) is 57.6 Å². The minimum absolute atomic E-state index is 0.203. The molecular weight excluding hydrogens is 628 g/mol. The van der Waals surface area contributed by atoms with Crippen molar-refractivity contribution in [2.45, 2.75) is 108 Å². The number of halogens is 6. The van der Waals surface area contributed by atoms with Crippen LogP contribution in [0, 0.1) is 5.82 Å². The number of unbranched alkanes of at least 4 members (excludes halogenated alkanes) is 3. The monoisotopic (exact) mass is 673 g/mol. The fraction of sp³-hybridized carbons (Fsp3) is 0.600. The number of rotatable bonds is 16. The fourth-order valence-electron chi connectivity index (χ4n) is 6.91. The molecule has 1 saturated heterocycles. The van der Waals surface area contributed by atoms with Gasteiger partial charge in [0.1, 0.15) is 21.4 Å². The van der Waals surface area contributed by atoms with Crippen molar-refractivity contribution in [3.05, 3.63) is 65.0 Å². The molecule has 1 atom stereocenters. The summed E-state index contributed by atoms with van der Waals surface area (Å²) in [5, 5.41) is 10.1. The van der Waals surface area contributed by atoms with E-state index in [2.05, 4.69) is 4.90 Å². The van der Waals surface area contributed by atoms with Gasteiger partial charge in [-0.1, -0.05) is 31.0 Å². The summed E-state index contributed by atoms with van der Waals surface area (Å²) >= 11 is 0. The number of aryl methyl sites for hydroxylation is 1. The highest BCUT2D eigenvalue weighted by Crippen LogP contribution is 2.40. The lowest BCUT2D eigenvalue weighted by Crippen LogP contribution is -2.36. The normalized spacial score (nSPS) is 18.2. The van der Waals surface area contributed by atoms with Gasteiger partial charge < -0.3 is 10.0 Å². The Balaban J connectivity index is 1.22. The first-order valence-corrected chi connectivity index (χ1v) is 18.3. The van der Waals surface area contributed by atoms with E-state index in [0.29, 0.717) is 12.8 Å². The number of hydrogen-bond donors (Lipinski definition) is 1. The summed E-state index contributed by atoms with van der Waals surface area (Å²) in [6.07, 6.45) is 2.63. The van der Waals surface area contributed by atoms with E-state index in [1.807, 2.05) is 18.2 Å². The molecule has 1 aliphatic heterocycles. The summed E-state index contributed by atoms with van der Waals surface area (Å²) in [4.78, 5) is 2.38. The molecule has 4 rings (SSSR count). The highest BCUT2D eigenvalue weighted by Gasteiger charge is 2.56. The van der Waals surface area contributed by atoms with Crippen LogP contribution in [-0.2, 0) is 16.3 Å². The Hall–Kier alpha value is -2.53. The number of aromatic hydroxyl groups is 1. The van der Waals surface area contributed by atoms with Crippen LogP contribution in [0.15, 0.2) is 42.5 Å². The second-order valence-corrected chi connectivity index (χ2v) is 15.1. The maximum Gasteiger partial charge on any atom is 0.453 e. The number of phenols is 1. The lowest BCUT2D eigenvalue weighted by molar-refractivity contribution is -0.284. The van der Waals surface area contributed by atoms with Crippen molar-refractivity contribution in [1.29, 1.82) is 0 Å². The van der Waals surface area contributed by atoms with E-state index in [4.69, 9.17) is 0 Å². The maximum absolute atomic E-state index is 14.1. The third-order valence-electron chi connectivity index (χ3n) is 9.30. The van der Waals surface area contributed by atoms with Gasteiger partial charge in [-0.3, -0.25) is 0 Å². The molecular formula is C35H45F6NO3S. The molecule has 1 fully saturated rings. The lowest BCUT2D eigenvalue weighted by Gasteiger charge is -2.24. The van der Waals surface area contributed by atoms with Gasteiger partial charge in [-0.25, -0.2) is 12.8 Å². The Morgan fingerprint density at radius 1 is 0.870 bits per heavy atom. The molecule has 1 heterocycles. The molecule has 0 spiro atoms. The van der Waals surface area contributed by atoms with Crippen molar-refractivity contribution < 1.29 is 39.9 Å². The van der Waals surface area contributed by atoms with Crippen LogP contribution in [0.4, 0.5) is 26.3 Å². The predicted octanol–water partition coefficient (Wildman–Crippen LogP) is 9.37. The molecule has 0 aromatic heterocycles. The average molecular weight is 674 g/mol. The highest BCUT2D eigenvalue weighted by atomic mass is 32.2. The third-order valence-corrected chi connectivity index (χ3v) is 11.1. The fourth-order valence-corrected chi connectivity index (χ4v) is 8.31. The number of sulfone groups is 1. The Labute approximate surface area is 268 Å². The lowest BCUT2D eigenvalue weighted by atomic mass is 9.89. The summed E-state index contributed by atoms with van der Waals surface area (Å²) in [6.45, 7) is 1.85. The van der Waals surface area contributed by atoms with Crippen LogP contribution in [-0.4, -0.2) is 61.2 Å². The average Bonchev–Trinajstić information content (AvgIpc) is 3.33. The number of nitrogens with zero attached hydrogens (tertiary/aromatic N) is 1. The predicted molar refractivity (Wildman–Crippen MR) is 170 cm³/mol. The quantitative estimate of drug-likeness (QED) is 0.143. The van der Waals surface area contributed by atoms with Crippen molar-refractivity contribution in [2.24, 2.45) is 0 Å². The number of benzene rings is 2. The smallest absolute Gasteiger partial charge is 0.453 e. The van der Waals surface area contributed by atoms with Gasteiger partial charge in [0.25, 0.3) is 0 Å². The van der Waals surface area contributed by atoms with Gasteiger partial charge in [-0.15, -0.1) is 0 Å². The van der Waals surface area contributed by atoms with Crippen LogP contribution in [0.5, 0.6) is 5.75 Å². The molecule has 0 saturated carbocycles. The van der Waals surface area contributed by atoms with E-state index in [0.717, 1.165) is 94.0 Å². The molecule has 2 aromatic carbocycles. The van der Waals surface area contributed by atoms with E-state index >= 15 is 0 Å². The van der Waals surface area contributed by atoms with Crippen LogP contribution < -0.4 is 0 Å². The van der Waals surface area contributed by atoms with Crippen LogP contribution in [0.25, 0.3) is 11.1 Å². The summed E-state index contributed by atoms with van der Waals surface area (Å²) in [6, 6.07) is 12.6. The molecule has 256 valence electrons. The second kappa shape index (κ2) is 16.0. The molecule has 4 nitrogen and oxygen atoms in total. The van der Waals surface area contributed by atoms with Gasteiger partial charge >= 0.3 is 12.1 Å². The van der Waals surface area contributed by atoms with Crippen molar-refractivity contribution in [2.75, 3.05) is 24.6 Å². The molecule has 11 heteroatoms. The van der Waals surface area contributed by atoms with Crippen LogP contribution in [0.1, 0.15) is 100 Å². The van der Waals surface area contributed by atoms with Crippen molar-refractivity contribution in [3.63, 3.8) is 0 Å². The molecule has 1 aliphatic carbocycles. The van der Waals surface area contributed by atoms with Gasteiger partial charge in [-0.05, 0) is 136 Å². The van der Waals surface area contributed by atoms with E-state index in [9.17, 15) is 39.9 Å². The Morgan fingerprint density at radius 2 is 1.63 bits per heavy atom. The molecule has 1 unspecified atom stereocenters. The van der Waals surface area contributed by atoms with E-state index in [-0.39, 0.29) is 23.4 Å². The van der Waals surface area contributed by atoms with Gasteiger partial charge in [0.05, 0.1) is 11.5 Å². The second-order valence-electron chi connectivity index (χ2n) is 12.8. The van der Waals surface area contributed by atoms with Gasteiger partial charge in [0.2, 0.25) is 0 Å². The third kappa shape index (κ3) is 10.2. The van der Waals surface area contributed by atoms with Crippen molar-refractivity contribution >= 4 is 21.0 Å². The molecule has 2 aromatic rings. The standard InChI is InChI=1S/C35H45F6NO3S/c36-28-12-5-10-26(24-28)31-16-6-11-27-25-30(43)17-18-32(27)33(31)15-3-1-2-4-20-42-21-7-13-29(42)14-8-22-46(44,45)23-9-19-34(37,38)35(39,40)41/h5,10,12,17-18,24-25,29,43H,1-4,6-9,11,13-16,19-23H2. The molecule has 46 heavy (non-hydrogen) atoms. The number of alkyl halides is 5. The van der Waals surface area contributed by atoms with E-state index < -0.39 is 40.5 Å². The SMILES string of the molecule is O=S(=O)(CCCC1CCCN1CCCCCCC1=C(c2cccc(F)c2)CCCc2cc(O)ccc21)CCCC(F)(F)C(F)(F)F. The van der Waals surface area contributed by atoms with Crippen LogP contribution >= 0.6 is 0 Å². The minimum atomic E-state index is -5.67. The first-order chi connectivity index (χ1) is 21.8. The zero-order valence-corrected chi connectivity index (χ0v) is 27.1. The molecule has 0 radical (unpaired) electrons. The number of allylic oxidation sites excluding steroid dienone is 2. The zero-order chi connectivity index (χ0) is 33.4. The number of phenolic OH excluding ortho intramolecular Hbond substituents is 1. The van der Waals surface area contributed by atoms with E-state index in [1.165, 1.54) is 17.2 Å². The molecule has 0 amide bonds. The number of hydrogen-bond acceptors (Lipinski definition) is 4. The first-order valence-electron chi connectivity index (χ1n) is 16.4. The highest BCUT2D eigenvalue weighted by molar-refractivity contribution is 7.91. The zero-order valence-electron chi connectivity index (χ0n) is 26.2. The van der Waals surface area contributed by atoms with Crippen LogP contribution in [0.2, 0.25) is 0 Å². The van der Waals surface area contributed by atoms with Gasteiger partial charge in [0.15, 0.2) is 0 Å². The van der Waals surface area contributed by atoms with Gasteiger partial charge in [0, 0.05) is 12.5 Å². The number of likely N-dealkylation sites (tertiary alicyclic amines) is 1. The Bertz CT molecular complexity index is 1440. The summed E-state index contributed by atoms with van der Waals surface area (Å²) in [5.74, 6) is -5.75. The Kier molecular flexibility index (Phi) is 12.7. The van der Waals surface area contributed by atoms with Crippen molar-refractivity contribution in [3.8, 4) is 5.75 Å². The van der Waals surface area contributed by atoms with Crippen LogP contribution in [0.3, 0.4) is 0 Å². The minimum Gasteiger partial charge on any atom is -0.508 e. The molecule has 2 aliphatic rings. The number of fused-ring (bicyclic) bond motifs is 1. The largest absolute Gasteiger partial charge is 0.508 e. The summed E-state index contributed by atoms with van der Waals surface area (Å²) in [7, 11) is -3.70. The summed E-state index contributed by atoms with van der Waals surface area (Å²) < 4.78 is 102. The molecule has 1 N–H and O–H groups in total. The first kappa shape index (κ1) is 36.3. The van der Waals surface area contributed by atoms with Gasteiger partial charge in [-0.2, -0.15) is 22.0 Å². The summed E-state index contributed by atoms with van der Waals surface area (Å²) in [5.41, 5.74) is 5.56. The molecule has 0 bridgehead atoms.